The van der Waals surface area contributed by atoms with Crippen molar-refractivity contribution in [2.45, 2.75) is 13.0 Å². The van der Waals surface area contributed by atoms with Gasteiger partial charge in [-0.3, -0.25) is 4.79 Å². The number of carbonyl (C=O) groups excluding carboxylic acids is 1. The summed E-state index contributed by atoms with van der Waals surface area (Å²) in [5.41, 5.74) is 0.479. The first-order chi connectivity index (χ1) is 5.13. The van der Waals surface area contributed by atoms with Gasteiger partial charge in [0.25, 0.3) is 0 Å². The maximum Gasteiger partial charge on any atom is 0.162 e. The van der Waals surface area contributed by atoms with Crippen LogP contribution in [0.1, 0.15) is 6.92 Å². The molecule has 0 aromatic carbocycles. The maximum atomic E-state index is 10.6. The van der Waals surface area contributed by atoms with Crippen molar-refractivity contribution in [3.63, 3.8) is 0 Å². The molecule has 1 N–H and O–H groups in total. The quantitative estimate of drug-likeness (QED) is 0.615. The van der Waals surface area contributed by atoms with Crippen molar-refractivity contribution in [1.82, 2.24) is 0 Å². The molecular formula is C9H12O2. The van der Waals surface area contributed by atoms with Crippen molar-refractivity contribution in [2.75, 3.05) is 0 Å². The molecule has 0 heterocycles. The van der Waals surface area contributed by atoms with Gasteiger partial charge in [0, 0.05) is 0 Å². The Morgan fingerprint density at radius 2 is 2.09 bits per heavy atom. The van der Waals surface area contributed by atoms with Crippen molar-refractivity contribution in [1.29, 1.82) is 0 Å². The van der Waals surface area contributed by atoms with Crippen LogP contribution in [0.2, 0.25) is 0 Å². The molecule has 0 aliphatic rings. The third kappa shape index (κ3) is 2.96. The number of hydrogen-bond acceptors (Lipinski definition) is 2. The second-order valence-corrected chi connectivity index (χ2v) is 2.12. The van der Waals surface area contributed by atoms with E-state index in [1.54, 1.807) is 6.08 Å². The average Bonchev–Trinajstić information content (AvgIpc) is 1.98. The fourth-order valence-corrected chi connectivity index (χ4v) is 0.642. The highest BCUT2D eigenvalue weighted by Crippen LogP contribution is 2.04. The van der Waals surface area contributed by atoms with E-state index in [2.05, 4.69) is 13.2 Å². The van der Waals surface area contributed by atoms with Crippen LogP contribution in [0, 0.1) is 0 Å². The highest BCUT2D eigenvalue weighted by Gasteiger charge is 2.11. The lowest BCUT2D eigenvalue weighted by atomic mass is 10.1. The van der Waals surface area contributed by atoms with Crippen LogP contribution in [-0.4, -0.2) is 17.0 Å². The summed E-state index contributed by atoms with van der Waals surface area (Å²) in [5, 5.41) is 9.18. The molecule has 0 aliphatic heterocycles. The Hall–Kier alpha value is -1.15. The van der Waals surface area contributed by atoms with Crippen molar-refractivity contribution in [2.24, 2.45) is 0 Å². The Morgan fingerprint density at radius 3 is 2.36 bits per heavy atom. The number of aliphatic hydroxyl groups is 1. The molecule has 11 heavy (non-hydrogen) atoms. The van der Waals surface area contributed by atoms with Crippen molar-refractivity contribution in [3.05, 3.63) is 37.0 Å². The summed E-state index contributed by atoms with van der Waals surface area (Å²) in [6.07, 6.45) is 3.43. The summed E-state index contributed by atoms with van der Waals surface area (Å²) in [5.74, 6) is -0.294. The van der Waals surface area contributed by atoms with Crippen LogP contribution < -0.4 is 0 Å². The van der Waals surface area contributed by atoms with E-state index in [0.717, 1.165) is 0 Å². The molecule has 0 aromatic rings. The molecule has 0 rings (SSSR count). The fourth-order valence-electron chi connectivity index (χ4n) is 0.642. The van der Waals surface area contributed by atoms with E-state index in [0.29, 0.717) is 5.57 Å². The van der Waals surface area contributed by atoms with Gasteiger partial charge in [-0.25, -0.2) is 0 Å². The number of allylic oxidation sites excluding steroid dienone is 2. The molecule has 60 valence electrons. The minimum atomic E-state index is -1.06. The van der Waals surface area contributed by atoms with Gasteiger partial charge in [0.1, 0.15) is 6.10 Å². The Kier molecular flexibility index (Phi) is 4.15. The van der Waals surface area contributed by atoms with Crippen LogP contribution in [0.3, 0.4) is 0 Å². The topological polar surface area (TPSA) is 37.3 Å². The molecular weight excluding hydrogens is 140 g/mol. The Balaban J connectivity index is 4.50. The number of rotatable bonds is 4. The van der Waals surface area contributed by atoms with Gasteiger partial charge >= 0.3 is 0 Å². The smallest absolute Gasteiger partial charge is 0.162 e. The summed E-state index contributed by atoms with van der Waals surface area (Å²) in [6.45, 7) is 8.22. The summed E-state index contributed by atoms with van der Waals surface area (Å²) in [4.78, 5) is 10.6. The van der Waals surface area contributed by atoms with E-state index in [4.69, 9.17) is 0 Å². The van der Waals surface area contributed by atoms with Crippen LogP contribution in [-0.2, 0) is 4.79 Å². The van der Waals surface area contributed by atoms with E-state index >= 15 is 0 Å². The Labute approximate surface area is 66.5 Å². The predicted molar refractivity (Wildman–Crippen MR) is 45.2 cm³/mol. The van der Waals surface area contributed by atoms with Crippen LogP contribution >= 0.6 is 0 Å². The summed E-state index contributed by atoms with van der Waals surface area (Å²) < 4.78 is 0. The van der Waals surface area contributed by atoms with E-state index < -0.39 is 6.10 Å². The standard InChI is InChI=1S/C9H12O2/c1-4-6-8(5-2)9(11)7(3)10/h4-6,9,11H,1-2H2,3H3/b8-6+. The molecule has 0 spiro atoms. The SMILES string of the molecule is C=C/C=C(\C=C)C(O)C(C)=O. The van der Waals surface area contributed by atoms with Gasteiger partial charge in [-0.2, -0.15) is 0 Å². The Bertz CT molecular complexity index is 202. The minimum Gasteiger partial charge on any atom is -0.381 e. The highest BCUT2D eigenvalue weighted by atomic mass is 16.3. The molecule has 0 saturated heterocycles. The van der Waals surface area contributed by atoms with Gasteiger partial charge in [0.05, 0.1) is 0 Å². The van der Waals surface area contributed by atoms with Crippen LogP contribution in [0.4, 0.5) is 0 Å². The predicted octanol–water partition coefficient (Wildman–Crippen LogP) is 1.23. The first kappa shape index (κ1) is 9.85. The fraction of sp³-hybridized carbons (Fsp3) is 0.222. The number of aliphatic hydroxyl groups excluding tert-OH is 1. The molecule has 0 radical (unpaired) electrons. The van der Waals surface area contributed by atoms with Gasteiger partial charge in [0.2, 0.25) is 0 Å². The zero-order valence-corrected chi connectivity index (χ0v) is 6.58. The normalized spacial score (nSPS) is 13.8. The maximum absolute atomic E-state index is 10.6. The van der Waals surface area contributed by atoms with E-state index in [9.17, 15) is 9.90 Å². The number of ketones is 1. The van der Waals surface area contributed by atoms with Gasteiger partial charge in [-0.15, -0.1) is 0 Å². The summed E-state index contributed by atoms with van der Waals surface area (Å²) in [7, 11) is 0. The average molecular weight is 152 g/mol. The molecule has 0 aliphatic carbocycles. The number of carbonyl (C=O) groups is 1. The lowest BCUT2D eigenvalue weighted by Gasteiger charge is -2.05. The van der Waals surface area contributed by atoms with Crippen LogP contribution in [0.15, 0.2) is 37.0 Å². The largest absolute Gasteiger partial charge is 0.381 e. The molecule has 0 fully saturated rings. The van der Waals surface area contributed by atoms with Crippen LogP contribution in [0.5, 0.6) is 0 Å². The second kappa shape index (κ2) is 4.63. The van der Waals surface area contributed by atoms with Gasteiger partial charge in [-0.1, -0.05) is 31.4 Å². The van der Waals surface area contributed by atoms with Crippen molar-refractivity contribution >= 4 is 5.78 Å². The molecule has 1 atom stereocenters. The van der Waals surface area contributed by atoms with Crippen LogP contribution in [0.25, 0.3) is 0 Å². The Morgan fingerprint density at radius 1 is 1.55 bits per heavy atom. The lowest BCUT2D eigenvalue weighted by Crippen LogP contribution is -2.18. The third-order valence-electron chi connectivity index (χ3n) is 1.25. The molecule has 0 bridgehead atoms. The molecule has 2 heteroatoms. The monoisotopic (exact) mass is 152 g/mol. The number of Topliss-reactive ketones (excluding diaryl/α,β-unsaturated/α-hetero) is 1. The molecule has 2 nitrogen and oxygen atoms in total. The molecule has 0 saturated carbocycles. The summed E-state index contributed by atoms with van der Waals surface area (Å²) >= 11 is 0. The van der Waals surface area contributed by atoms with Gasteiger partial charge in [-0.05, 0) is 12.5 Å². The van der Waals surface area contributed by atoms with Gasteiger partial charge in [0.15, 0.2) is 5.78 Å². The minimum absolute atomic E-state index is 0.294. The second-order valence-electron chi connectivity index (χ2n) is 2.12. The number of hydrogen-bond donors (Lipinski definition) is 1. The zero-order chi connectivity index (χ0) is 8.85. The lowest BCUT2D eigenvalue weighted by molar-refractivity contribution is -0.123. The molecule has 0 aromatic heterocycles. The molecule has 0 amide bonds. The van der Waals surface area contributed by atoms with E-state index in [-0.39, 0.29) is 5.78 Å². The van der Waals surface area contributed by atoms with Gasteiger partial charge < -0.3 is 5.11 Å². The van der Waals surface area contributed by atoms with E-state index in [1.807, 2.05) is 0 Å². The first-order valence-corrected chi connectivity index (χ1v) is 3.27. The van der Waals surface area contributed by atoms with E-state index in [1.165, 1.54) is 19.1 Å². The first-order valence-electron chi connectivity index (χ1n) is 3.27. The summed E-state index contributed by atoms with van der Waals surface area (Å²) in [6, 6.07) is 0. The zero-order valence-electron chi connectivity index (χ0n) is 6.58. The van der Waals surface area contributed by atoms with Crippen molar-refractivity contribution < 1.29 is 9.90 Å². The van der Waals surface area contributed by atoms with Crippen molar-refractivity contribution in [3.8, 4) is 0 Å². The molecule has 1 unspecified atom stereocenters. The third-order valence-corrected chi connectivity index (χ3v) is 1.25. The highest BCUT2D eigenvalue weighted by molar-refractivity contribution is 5.84.